The van der Waals surface area contributed by atoms with Gasteiger partial charge in [0.05, 0.1) is 24.4 Å². The van der Waals surface area contributed by atoms with Crippen LogP contribution in [0.5, 0.6) is 5.75 Å². The number of esters is 1. The second-order valence-corrected chi connectivity index (χ2v) is 5.25. The van der Waals surface area contributed by atoms with Crippen LogP contribution >= 0.6 is 0 Å². The number of rotatable bonds is 6. The van der Waals surface area contributed by atoms with Gasteiger partial charge in [-0.15, -0.1) is 0 Å². The molecular weight excluding hydrogens is 310 g/mol. The molecule has 0 fully saturated rings. The van der Waals surface area contributed by atoms with Crippen LogP contribution in [-0.4, -0.2) is 48.8 Å². The zero-order chi connectivity index (χ0) is 17.7. The van der Waals surface area contributed by atoms with Crippen molar-refractivity contribution >= 4 is 18.0 Å². The molecule has 1 N–H and O–H groups in total. The number of amides is 1. The van der Waals surface area contributed by atoms with Gasteiger partial charge in [0.15, 0.2) is 0 Å². The lowest BCUT2D eigenvalue weighted by Crippen LogP contribution is -2.28. The van der Waals surface area contributed by atoms with E-state index in [1.54, 1.807) is 39.2 Å². The van der Waals surface area contributed by atoms with Crippen LogP contribution in [0.15, 0.2) is 41.1 Å². The first-order valence-corrected chi connectivity index (χ1v) is 7.70. The van der Waals surface area contributed by atoms with Crippen LogP contribution in [0.2, 0.25) is 0 Å². The summed E-state index contributed by atoms with van der Waals surface area (Å²) in [5, 5.41) is 9.94. The van der Waals surface area contributed by atoms with Crippen molar-refractivity contribution in [2.75, 3.05) is 26.9 Å². The van der Waals surface area contributed by atoms with E-state index in [1.807, 2.05) is 0 Å². The summed E-state index contributed by atoms with van der Waals surface area (Å²) in [5.41, 5.74) is 1.42. The molecule has 128 valence electrons. The molecule has 1 aliphatic rings. The summed E-state index contributed by atoms with van der Waals surface area (Å²) in [6.45, 7) is 4.31. The average molecular weight is 331 g/mol. The van der Waals surface area contributed by atoms with E-state index in [1.165, 1.54) is 17.0 Å². The minimum atomic E-state index is -0.551. The zero-order valence-electron chi connectivity index (χ0n) is 14.0. The lowest BCUT2D eigenvalue weighted by molar-refractivity contribution is -0.138. The van der Waals surface area contributed by atoms with Crippen molar-refractivity contribution in [3.8, 4) is 5.75 Å². The number of phenolic OH excluding ortho intramolecular Hbond substituents is 1. The van der Waals surface area contributed by atoms with E-state index >= 15 is 0 Å². The summed E-state index contributed by atoms with van der Waals surface area (Å²) in [6, 6.07) is 6.63. The fourth-order valence-electron chi connectivity index (χ4n) is 2.55. The lowest BCUT2D eigenvalue weighted by Gasteiger charge is -2.16. The molecule has 6 nitrogen and oxygen atoms in total. The van der Waals surface area contributed by atoms with Gasteiger partial charge in [-0.05, 0) is 26.0 Å². The highest BCUT2D eigenvalue weighted by atomic mass is 16.5. The van der Waals surface area contributed by atoms with Crippen LogP contribution in [0.25, 0.3) is 6.08 Å². The number of aromatic hydroxyl groups is 1. The first kappa shape index (κ1) is 17.7. The Morgan fingerprint density at radius 3 is 2.67 bits per heavy atom. The van der Waals surface area contributed by atoms with Crippen LogP contribution in [-0.2, 0) is 19.1 Å². The van der Waals surface area contributed by atoms with Gasteiger partial charge in [0.2, 0.25) is 0 Å². The monoisotopic (exact) mass is 331 g/mol. The third-order valence-electron chi connectivity index (χ3n) is 3.75. The molecule has 2 rings (SSSR count). The number of hydrogen-bond acceptors (Lipinski definition) is 5. The minimum absolute atomic E-state index is 0.0361. The molecule has 0 unspecified atom stereocenters. The topological polar surface area (TPSA) is 76.1 Å². The molecule has 1 heterocycles. The number of methoxy groups -OCH3 is 1. The summed E-state index contributed by atoms with van der Waals surface area (Å²) >= 11 is 0. The molecule has 1 aromatic rings. The van der Waals surface area contributed by atoms with Gasteiger partial charge >= 0.3 is 5.97 Å². The van der Waals surface area contributed by atoms with Gasteiger partial charge < -0.3 is 19.5 Å². The van der Waals surface area contributed by atoms with Crippen LogP contribution in [0, 0.1) is 0 Å². The van der Waals surface area contributed by atoms with Gasteiger partial charge in [-0.1, -0.05) is 18.2 Å². The smallest absolute Gasteiger partial charge is 0.340 e. The number of carbonyl (C=O) groups excluding carboxylic acids is 2. The third kappa shape index (κ3) is 3.49. The maximum Gasteiger partial charge on any atom is 0.340 e. The van der Waals surface area contributed by atoms with Crippen molar-refractivity contribution in [1.82, 2.24) is 4.90 Å². The average Bonchev–Trinajstić information content (AvgIpc) is 2.78. The second-order valence-electron chi connectivity index (χ2n) is 5.25. The number of para-hydroxylation sites is 1. The highest BCUT2D eigenvalue weighted by Gasteiger charge is 2.37. The predicted octanol–water partition coefficient (Wildman–Crippen LogP) is 2.10. The summed E-state index contributed by atoms with van der Waals surface area (Å²) in [5.74, 6) is -0.824. The molecule has 0 spiro atoms. The lowest BCUT2D eigenvalue weighted by atomic mass is 10.0. The van der Waals surface area contributed by atoms with E-state index < -0.39 is 5.97 Å². The largest absolute Gasteiger partial charge is 0.507 e. The van der Waals surface area contributed by atoms with Crippen molar-refractivity contribution in [2.24, 2.45) is 0 Å². The Morgan fingerprint density at radius 2 is 2.04 bits per heavy atom. The van der Waals surface area contributed by atoms with Crippen LogP contribution < -0.4 is 0 Å². The Morgan fingerprint density at radius 1 is 1.33 bits per heavy atom. The van der Waals surface area contributed by atoms with Crippen molar-refractivity contribution in [2.45, 2.75) is 13.8 Å². The van der Waals surface area contributed by atoms with Crippen LogP contribution in [0.3, 0.4) is 0 Å². The zero-order valence-corrected chi connectivity index (χ0v) is 14.0. The molecule has 0 saturated carbocycles. The van der Waals surface area contributed by atoms with E-state index in [2.05, 4.69) is 0 Å². The summed E-state index contributed by atoms with van der Waals surface area (Å²) in [7, 11) is 1.55. The van der Waals surface area contributed by atoms with Crippen molar-refractivity contribution in [3.63, 3.8) is 0 Å². The normalized spacial score (nSPS) is 16.2. The fraction of sp³-hybridized carbons (Fsp3) is 0.333. The molecule has 0 radical (unpaired) electrons. The molecule has 24 heavy (non-hydrogen) atoms. The molecule has 1 aliphatic heterocycles. The molecule has 0 bridgehead atoms. The molecule has 0 atom stereocenters. The Kier molecular flexibility index (Phi) is 5.76. The number of nitrogens with zero attached hydrogens (tertiary/aromatic N) is 1. The van der Waals surface area contributed by atoms with Crippen molar-refractivity contribution < 1.29 is 24.2 Å². The summed E-state index contributed by atoms with van der Waals surface area (Å²) in [6.07, 6.45) is 1.51. The SMILES string of the molecule is CCOC(=O)C1=C(C)N(CCOC)C(=O)/C1=C\c1ccccc1O. The number of carbonyl (C=O) groups is 2. The minimum Gasteiger partial charge on any atom is -0.507 e. The van der Waals surface area contributed by atoms with E-state index in [0.717, 1.165) is 0 Å². The Bertz CT molecular complexity index is 705. The number of hydrogen-bond donors (Lipinski definition) is 1. The third-order valence-corrected chi connectivity index (χ3v) is 3.75. The second kappa shape index (κ2) is 7.79. The van der Waals surface area contributed by atoms with Gasteiger partial charge in [-0.3, -0.25) is 4.79 Å². The molecule has 0 aliphatic carbocycles. The van der Waals surface area contributed by atoms with E-state index in [4.69, 9.17) is 9.47 Å². The summed E-state index contributed by atoms with van der Waals surface area (Å²) < 4.78 is 10.1. The number of allylic oxidation sites excluding steroid dienone is 1. The van der Waals surface area contributed by atoms with Gasteiger partial charge in [-0.2, -0.15) is 0 Å². The molecule has 6 heteroatoms. The maximum atomic E-state index is 12.7. The van der Waals surface area contributed by atoms with Gasteiger partial charge in [0, 0.05) is 24.9 Å². The molecular formula is C18H21NO5. The van der Waals surface area contributed by atoms with E-state index in [0.29, 0.717) is 24.4 Å². The number of ether oxygens (including phenoxy) is 2. The summed E-state index contributed by atoms with van der Waals surface area (Å²) in [4.78, 5) is 26.5. The molecule has 1 aromatic carbocycles. The molecule has 1 amide bonds. The van der Waals surface area contributed by atoms with Gasteiger partial charge in [0.25, 0.3) is 5.91 Å². The quantitative estimate of drug-likeness (QED) is 0.638. The highest BCUT2D eigenvalue weighted by Crippen LogP contribution is 2.32. The first-order valence-electron chi connectivity index (χ1n) is 7.70. The number of phenols is 1. The van der Waals surface area contributed by atoms with Crippen LogP contribution in [0.4, 0.5) is 0 Å². The first-order chi connectivity index (χ1) is 11.5. The van der Waals surface area contributed by atoms with Gasteiger partial charge in [0.1, 0.15) is 5.75 Å². The van der Waals surface area contributed by atoms with Crippen molar-refractivity contribution in [3.05, 3.63) is 46.7 Å². The van der Waals surface area contributed by atoms with E-state index in [9.17, 15) is 14.7 Å². The van der Waals surface area contributed by atoms with E-state index in [-0.39, 0.29) is 29.4 Å². The standard InChI is InChI=1S/C18H21NO5/c1-4-24-18(22)16-12(2)19(9-10-23-3)17(21)14(16)11-13-7-5-6-8-15(13)20/h5-8,11,20H,4,9-10H2,1-3H3/b14-11-. The fourth-order valence-corrected chi connectivity index (χ4v) is 2.55. The maximum absolute atomic E-state index is 12.7. The Labute approximate surface area is 141 Å². The number of benzene rings is 1. The highest BCUT2D eigenvalue weighted by molar-refractivity contribution is 6.16. The van der Waals surface area contributed by atoms with Crippen molar-refractivity contribution in [1.29, 1.82) is 0 Å². The molecule has 0 saturated heterocycles. The van der Waals surface area contributed by atoms with Crippen LogP contribution in [0.1, 0.15) is 19.4 Å². The molecule has 0 aromatic heterocycles. The van der Waals surface area contributed by atoms with Gasteiger partial charge in [-0.25, -0.2) is 4.79 Å². The predicted molar refractivity (Wildman–Crippen MR) is 89.0 cm³/mol. The Hall–Kier alpha value is -2.60. The Balaban J connectivity index is 2.49.